The van der Waals surface area contributed by atoms with Gasteiger partial charge in [0.1, 0.15) is 5.75 Å². The number of nitrogens with zero attached hydrogens (tertiary/aromatic N) is 1. The highest BCUT2D eigenvalue weighted by atomic mass is 16.5. The topological polar surface area (TPSA) is 98.8 Å². The Morgan fingerprint density at radius 1 is 1.12 bits per heavy atom. The number of carboxylic acids is 1. The van der Waals surface area contributed by atoms with Crippen molar-refractivity contribution < 1.29 is 24.2 Å². The molecule has 0 unspecified atom stereocenters. The third-order valence-electron chi connectivity index (χ3n) is 4.27. The van der Waals surface area contributed by atoms with Gasteiger partial charge < -0.3 is 24.9 Å². The molecule has 0 radical (unpaired) electrons. The standard InChI is InChI=1S/C19H18N2O5/c1-26-16-8-6-15(7-9-16)21-11-13(10-17(21)22)18(23)20-14-4-2-12(3-5-14)19(24)25/h2-9,13H,10-11H2,1H3,(H,20,23)(H,24,25)/p-1/t13-/m0/s1. The molecule has 1 heterocycles. The van der Waals surface area contributed by atoms with E-state index in [0.29, 0.717) is 17.1 Å². The predicted octanol–water partition coefficient (Wildman–Crippen LogP) is 1.05. The number of rotatable bonds is 5. The first kappa shape index (κ1) is 17.5. The second-order valence-corrected chi connectivity index (χ2v) is 5.96. The molecule has 1 saturated heterocycles. The summed E-state index contributed by atoms with van der Waals surface area (Å²) in [5.41, 5.74) is 1.21. The average molecular weight is 353 g/mol. The monoisotopic (exact) mass is 353 g/mol. The molecule has 0 saturated carbocycles. The Balaban J connectivity index is 1.65. The van der Waals surface area contributed by atoms with E-state index >= 15 is 0 Å². The Kier molecular flexibility index (Phi) is 4.88. The molecule has 0 spiro atoms. The van der Waals surface area contributed by atoms with Crippen molar-refractivity contribution >= 4 is 29.2 Å². The third kappa shape index (κ3) is 3.66. The van der Waals surface area contributed by atoms with Crippen molar-refractivity contribution in [1.82, 2.24) is 0 Å². The molecule has 26 heavy (non-hydrogen) atoms. The van der Waals surface area contributed by atoms with Gasteiger partial charge in [0.25, 0.3) is 0 Å². The molecule has 2 aromatic rings. The number of benzene rings is 2. The molecule has 1 fully saturated rings. The van der Waals surface area contributed by atoms with Crippen molar-refractivity contribution in [3.63, 3.8) is 0 Å². The normalized spacial score (nSPS) is 16.4. The minimum absolute atomic E-state index is 0.0322. The number of carbonyl (C=O) groups excluding carboxylic acids is 3. The summed E-state index contributed by atoms with van der Waals surface area (Å²) in [4.78, 5) is 37.0. The van der Waals surface area contributed by atoms with Gasteiger partial charge >= 0.3 is 0 Å². The van der Waals surface area contributed by atoms with Crippen LogP contribution in [0.5, 0.6) is 5.75 Å². The van der Waals surface area contributed by atoms with E-state index in [0.717, 1.165) is 0 Å². The van der Waals surface area contributed by atoms with E-state index in [1.165, 1.54) is 24.3 Å². The maximum absolute atomic E-state index is 12.4. The van der Waals surface area contributed by atoms with Gasteiger partial charge in [0, 0.05) is 24.3 Å². The van der Waals surface area contributed by atoms with Crippen LogP contribution in [0.3, 0.4) is 0 Å². The van der Waals surface area contributed by atoms with Gasteiger partial charge in [-0.05, 0) is 42.0 Å². The van der Waals surface area contributed by atoms with Crippen LogP contribution < -0.4 is 20.1 Å². The molecular formula is C19H17N2O5-. The lowest BCUT2D eigenvalue weighted by molar-refractivity contribution is -0.255. The Hall–Kier alpha value is -3.35. The fourth-order valence-corrected chi connectivity index (χ4v) is 2.83. The molecule has 7 nitrogen and oxygen atoms in total. The smallest absolute Gasteiger partial charge is 0.229 e. The first-order valence-electron chi connectivity index (χ1n) is 8.04. The van der Waals surface area contributed by atoms with Gasteiger partial charge in [-0.3, -0.25) is 9.59 Å². The average Bonchev–Trinajstić information content (AvgIpc) is 3.04. The van der Waals surface area contributed by atoms with Crippen LogP contribution >= 0.6 is 0 Å². The maximum atomic E-state index is 12.4. The van der Waals surface area contributed by atoms with E-state index in [-0.39, 0.29) is 30.3 Å². The van der Waals surface area contributed by atoms with Gasteiger partial charge in [0.15, 0.2) is 0 Å². The highest BCUT2D eigenvalue weighted by Gasteiger charge is 2.35. The van der Waals surface area contributed by atoms with E-state index in [1.807, 2.05) is 0 Å². The van der Waals surface area contributed by atoms with Gasteiger partial charge in [-0.15, -0.1) is 0 Å². The molecule has 1 aliphatic heterocycles. The summed E-state index contributed by atoms with van der Waals surface area (Å²) >= 11 is 0. The van der Waals surface area contributed by atoms with Gasteiger partial charge in [-0.25, -0.2) is 0 Å². The summed E-state index contributed by atoms with van der Waals surface area (Å²) in [6.07, 6.45) is 0.120. The molecular weight excluding hydrogens is 336 g/mol. The number of aromatic carboxylic acids is 1. The molecule has 1 atom stereocenters. The van der Waals surface area contributed by atoms with Crippen molar-refractivity contribution in [2.45, 2.75) is 6.42 Å². The number of methoxy groups -OCH3 is 1. The second-order valence-electron chi connectivity index (χ2n) is 5.96. The SMILES string of the molecule is COc1ccc(N2C[C@@H](C(=O)Nc3ccc(C(=O)[O-])cc3)CC2=O)cc1. The van der Waals surface area contributed by atoms with Crippen molar-refractivity contribution in [3.05, 3.63) is 54.1 Å². The zero-order valence-electron chi connectivity index (χ0n) is 14.1. The van der Waals surface area contributed by atoms with E-state index in [1.54, 1.807) is 36.3 Å². The molecule has 1 N–H and O–H groups in total. The van der Waals surface area contributed by atoms with Gasteiger partial charge in [-0.1, -0.05) is 12.1 Å². The number of carboxylic acid groups (broad SMARTS) is 1. The van der Waals surface area contributed by atoms with E-state index < -0.39 is 11.9 Å². The van der Waals surface area contributed by atoms with Crippen LogP contribution in [0.25, 0.3) is 0 Å². The van der Waals surface area contributed by atoms with Crippen LogP contribution in [0.15, 0.2) is 48.5 Å². The Morgan fingerprint density at radius 3 is 2.35 bits per heavy atom. The predicted molar refractivity (Wildman–Crippen MR) is 92.9 cm³/mol. The lowest BCUT2D eigenvalue weighted by atomic mass is 10.1. The third-order valence-corrected chi connectivity index (χ3v) is 4.27. The molecule has 134 valence electrons. The Labute approximate surface area is 150 Å². The highest BCUT2D eigenvalue weighted by molar-refractivity contribution is 6.03. The van der Waals surface area contributed by atoms with Crippen LogP contribution in [-0.4, -0.2) is 31.4 Å². The molecule has 0 bridgehead atoms. The first-order valence-corrected chi connectivity index (χ1v) is 8.04. The molecule has 7 heteroatoms. The van der Waals surface area contributed by atoms with E-state index in [2.05, 4.69) is 5.32 Å². The Morgan fingerprint density at radius 2 is 1.77 bits per heavy atom. The summed E-state index contributed by atoms with van der Waals surface area (Å²) in [6.45, 7) is 0.286. The largest absolute Gasteiger partial charge is 0.545 e. The molecule has 0 aliphatic carbocycles. The Bertz CT molecular complexity index is 830. The van der Waals surface area contributed by atoms with Gasteiger partial charge in [0.05, 0.1) is 19.0 Å². The number of hydrogen-bond donors (Lipinski definition) is 1. The highest BCUT2D eigenvalue weighted by Crippen LogP contribution is 2.27. The fourth-order valence-electron chi connectivity index (χ4n) is 2.83. The molecule has 2 amide bonds. The minimum atomic E-state index is -1.28. The summed E-state index contributed by atoms with van der Waals surface area (Å²) in [7, 11) is 1.57. The molecule has 2 aromatic carbocycles. The number of amides is 2. The quantitative estimate of drug-likeness (QED) is 0.866. The number of ether oxygens (including phenoxy) is 1. The van der Waals surface area contributed by atoms with Crippen LogP contribution in [0.4, 0.5) is 11.4 Å². The zero-order valence-corrected chi connectivity index (χ0v) is 14.1. The molecule has 0 aromatic heterocycles. The molecule has 3 rings (SSSR count). The van der Waals surface area contributed by atoms with E-state index in [9.17, 15) is 19.5 Å². The van der Waals surface area contributed by atoms with Crippen LogP contribution in [0.2, 0.25) is 0 Å². The van der Waals surface area contributed by atoms with Gasteiger partial charge in [0.2, 0.25) is 11.8 Å². The summed E-state index contributed by atoms with van der Waals surface area (Å²) in [5, 5.41) is 13.5. The van der Waals surface area contributed by atoms with Crippen molar-refractivity contribution in [2.75, 3.05) is 23.9 Å². The van der Waals surface area contributed by atoms with Crippen LogP contribution in [-0.2, 0) is 9.59 Å². The number of nitrogens with one attached hydrogen (secondary N) is 1. The fraction of sp³-hybridized carbons (Fsp3) is 0.211. The number of hydrogen-bond acceptors (Lipinski definition) is 5. The van der Waals surface area contributed by atoms with Crippen molar-refractivity contribution in [2.24, 2.45) is 5.92 Å². The maximum Gasteiger partial charge on any atom is 0.229 e. The van der Waals surface area contributed by atoms with Crippen molar-refractivity contribution in [1.29, 1.82) is 0 Å². The van der Waals surface area contributed by atoms with E-state index in [4.69, 9.17) is 4.74 Å². The van der Waals surface area contributed by atoms with Crippen molar-refractivity contribution in [3.8, 4) is 5.75 Å². The van der Waals surface area contributed by atoms with Gasteiger partial charge in [-0.2, -0.15) is 0 Å². The van der Waals surface area contributed by atoms with Crippen LogP contribution in [0.1, 0.15) is 16.8 Å². The summed E-state index contributed by atoms with van der Waals surface area (Å²) in [5.74, 6) is -1.47. The first-order chi connectivity index (χ1) is 12.5. The lowest BCUT2D eigenvalue weighted by Gasteiger charge is -2.17. The zero-order chi connectivity index (χ0) is 18.7. The summed E-state index contributed by atoms with van der Waals surface area (Å²) < 4.78 is 5.10. The minimum Gasteiger partial charge on any atom is -0.545 e. The number of carbonyl (C=O) groups is 3. The lowest BCUT2D eigenvalue weighted by Crippen LogP contribution is -2.28. The second kappa shape index (κ2) is 7.26. The van der Waals surface area contributed by atoms with Crippen LogP contribution in [0, 0.1) is 5.92 Å². The summed E-state index contributed by atoms with van der Waals surface area (Å²) in [6, 6.07) is 12.8. The number of anilines is 2. The molecule has 1 aliphatic rings.